The summed E-state index contributed by atoms with van der Waals surface area (Å²) in [4.78, 5) is 0. The Balaban J connectivity index is 2.15. The lowest BCUT2D eigenvalue weighted by atomic mass is 9.93. The summed E-state index contributed by atoms with van der Waals surface area (Å²) >= 11 is 0. The summed E-state index contributed by atoms with van der Waals surface area (Å²) in [6.45, 7) is 1.06. The maximum absolute atomic E-state index is 5.68. The fourth-order valence-electron chi connectivity index (χ4n) is 2.39. The average Bonchev–Trinajstić information content (AvgIpc) is 2.68. The lowest BCUT2D eigenvalue weighted by molar-refractivity contribution is 0.411. The van der Waals surface area contributed by atoms with Gasteiger partial charge in [-0.25, -0.2) is 0 Å². The molecule has 0 amide bonds. The Labute approximate surface area is 71.6 Å². The zero-order valence-electron chi connectivity index (χ0n) is 7.08. The molecule has 1 aliphatic carbocycles. The van der Waals surface area contributed by atoms with Gasteiger partial charge in [-0.2, -0.15) is 5.10 Å². The van der Waals surface area contributed by atoms with Crippen molar-refractivity contribution in [1.82, 2.24) is 9.78 Å². The number of fused-ring (bicyclic) bond motifs is 2. The first-order valence-corrected chi connectivity index (χ1v) is 4.64. The molecule has 1 aromatic heterocycles. The fourth-order valence-corrected chi connectivity index (χ4v) is 2.39. The van der Waals surface area contributed by atoms with Gasteiger partial charge in [-0.05, 0) is 25.7 Å². The summed E-state index contributed by atoms with van der Waals surface area (Å²) in [7, 11) is 0. The van der Waals surface area contributed by atoms with E-state index < -0.39 is 0 Å². The SMILES string of the molecule is Nc1cc2n(n1)CCCC21CC1. The summed E-state index contributed by atoms with van der Waals surface area (Å²) in [6, 6.07) is 2.06. The van der Waals surface area contributed by atoms with Gasteiger partial charge in [0.1, 0.15) is 5.82 Å². The highest BCUT2D eigenvalue weighted by Gasteiger charge is 2.47. The Morgan fingerprint density at radius 3 is 3.00 bits per heavy atom. The number of hydrogen-bond acceptors (Lipinski definition) is 2. The van der Waals surface area contributed by atoms with E-state index in [1.165, 1.54) is 31.4 Å². The number of rotatable bonds is 0. The molecule has 3 nitrogen and oxygen atoms in total. The van der Waals surface area contributed by atoms with E-state index in [4.69, 9.17) is 5.73 Å². The van der Waals surface area contributed by atoms with Gasteiger partial charge in [-0.1, -0.05) is 0 Å². The topological polar surface area (TPSA) is 43.8 Å². The summed E-state index contributed by atoms with van der Waals surface area (Å²) in [5.74, 6) is 0.693. The zero-order chi connectivity index (χ0) is 8.18. The third-order valence-corrected chi connectivity index (χ3v) is 3.22. The van der Waals surface area contributed by atoms with Crippen LogP contribution in [0.15, 0.2) is 6.07 Å². The highest BCUT2D eigenvalue weighted by molar-refractivity contribution is 5.37. The summed E-state index contributed by atoms with van der Waals surface area (Å²) in [5.41, 5.74) is 7.57. The smallest absolute Gasteiger partial charge is 0.145 e. The number of nitrogen functional groups attached to an aromatic ring is 1. The van der Waals surface area contributed by atoms with Gasteiger partial charge in [0.2, 0.25) is 0 Å². The predicted molar refractivity (Wildman–Crippen MR) is 46.8 cm³/mol. The summed E-state index contributed by atoms with van der Waals surface area (Å²) in [6.07, 6.45) is 5.31. The molecule has 0 radical (unpaired) electrons. The van der Waals surface area contributed by atoms with Gasteiger partial charge in [0.15, 0.2) is 0 Å². The molecule has 1 fully saturated rings. The highest BCUT2D eigenvalue weighted by Crippen LogP contribution is 2.53. The normalized spacial score (nSPS) is 24.0. The van der Waals surface area contributed by atoms with Gasteiger partial charge in [-0.15, -0.1) is 0 Å². The maximum atomic E-state index is 5.68. The van der Waals surface area contributed by atoms with Crippen LogP contribution in [0.2, 0.25) is 0 Å². The number of aryl methyl sites for hydroxylation is 1. The lowest BCUT2D eigenvalue weighted by Crippen LogP contribution is -2.21. The van der Waals surface area contributed by atoms with Gasteiger partial charge in [0.25, 0.3) is 0 Å². The van der Waals surface area contributed by atoms with Crippen LogP contribution in [0, 0.1) is 0 Å². The van der Waals surface area contributed by atoms with Crippen LogP contribution in [0.3, 0.4) is 0 Å². The van der Waals surface area contributed by atoms with E-state index in [-0.39, 0.29) is 0 Å². The minimum absolute atomic E-state index is 0.503. The molecule has 1 spiro atoms. The highest BCUT2D eigenvalue weighted by atomic mass is 15.3. The van der Waals surface area contributed by atoms with Crippen molar-refractivity contribution in [1.29, 1.82) is 0 Å². The molecule has 64 valence electrons. The van der Waals surface area contributed by atoms with Crippen molar-refractivity contribution in [2.45, 2.75) is 37.6 Å². The Morgan fingerprint density at radius 2 is 2.25 bits per heavy atom. The molecule has 2 aliphatic rings. The van der Waals surface area contributed by atoms with E-state index in [0.29, 0.717) is 11.2 Å². The predicted octanol–water partition coefficient (Wildman–Crippen LogP) is 1.29. The minimum Gasteiger partial charge on any atom is -0.382 e. The number of aromatic nitrogens is 2. The molecule has 1 aliphatic heterocycles. The first-order chi connectivity index (χ1) is 5.80. The zero-order valence-corrected chi connectivity index (χ0v) is 7.08. The number of nitrogens with two attached hydrogens (primary N) is 1. The third kappa shape index (κ3) is 0.687. The molecule has 1 saturated carbocycles. The maximum Gasteiger partial charge on any atom is 0.145 e. The first kappa shape index (κ1) is 6.52. The van der Waals surface area contributed by atoms with Crippen molar-refractivity contribution >= 4 is 5.82 Å². The van der Waals surface area contributed by atoms with Crippen molar-refractivity contribution in [2.24, 2.45) is 0 Å². The molecule has 3 rings (SSSR count). The van der Waals surface area contributed by atoms with Crippen molar-refractivity contribution < 1.29 is 0 Å². The minimum atomic E-state index is 0.503. The number of anilines is 1. The molecule has 2 heterocycles. The molecule has 0 aromatic carbocycles. The third-order valence-electron chi connectivity index (χ3n) is 3.22. The number of nitrogens with zero attached hydrogens (tertiary/aromatic N) is 2. The van der Waals surface area contributed by atoms with Gasteiger partial charge < -0.3 is 5.73 Å². The van der Waals surface area contributed by atoms with E-state index in [0.717, 1.165) is 6.54 Å². The van der Waals surface area contributed by atoms with E-state index in [1.807, 2.05) is 0 Å². The second-order valence-corrected chi connectivity index (χ2v) is 4.06. The monoisotopic (exact) mass is 163 g/mol. The van der Waals surface area contributed by atoms with E-state index in [9.17, 15) is 0 Å². The van der Waals surface area contributed by atoms with Crippen LogP contribution in [0.4, 0.5) is 5.82 Å². The van der Waals surface area contributed by atoms with E-state index in [2.05, 4.69) is 15.8 Å². The summed E-state index contributed by atoms with van der Waals surface area (Å²) in [5, 5.41) is 4.28. The van der Waals surface area contributed by atoms with E-state index in [1.54, 1.807) is 0 Å². The van der Waals surface area contributed by atoms with Crippen molar-refractivity contribution in [3.63, 3.8) is 0 Å². The molecular weight excluding hydrogens is 150 g/mol. The second kappa shape index (κ2) is 1.84. The molecule has 0 saturated heterocycles. The Hall–Kier alpha value is -0.990. The summed E-state index contributed by atoms with van der Waals surface area (Å²) < 4.78 is 2.10. The molecule has 3 heteroatoms. The average molecular weight is 163 g/mol. The van der Waals surface area contributed by atoms with Crippen molar-refractivity contribution in [3.05, 3.63) is 11.8 Å². The molecular formula is C9H13N3. The van der Waals surface area contributed by atoms with Crippen molar-refractivity contribution in [2.75, 3.05) is 5.73 Å². The first-order valence-electron chi connectivity index (χ1n) is 4.64. The molecule has 0 unspecified atom stereocenters. The van der Waals surface area contributed by atoms with Crippen LogP contribution in [-0.2, 0) is 12.0 Å². The fraction of sp³-hybridized carbons (Fsp3) is 0.667. The van der Waals surface area contributed by atoms with Gasteiger partial charge in [0, 0.05) is 23.7 Å². The van der Waals surface area contributed by atoms with Gasteiger partial charge >= 0.3 is 0 Å². The Kier molecular flexibility index (Phi) is 1.000. The number of hydrogen-bond donors (Lipinski definition) is 1. The molecule has 12 heavy (non-hydrogen) atoms. The molecule has 0 atom stereocenters. The largest absolute Gasteiger partial charge is 0.382 e. The van der Waals surface area contributed by atoms with Crippen LogP contribution in [-0.4, -0.2) is 9.78 Å². The standard InChI is InChI=1S/C9H13N3/c10-8-6-7-9(3-4-9)2-1-5-12(7)11-8/h6H,1-5H2,(H2,10,11). The Morgan fingerprint density at radius 1 is 1.42 bits per heavy atom. The van der Waals surface area contributed by atoms with Crippen LogP contribution >= 0.6 is 0 Å². The van der Waals surface area contributed by atoms with E-state index >= 15 is 0 Å². The quantitative estimate of drug-likeness (QED) is 0.626. The molecule has 2 N–H and O–H groups in total. The van der Waals surface area contributed by atoms with Crippen LogP contribution in [0.5, 0.6) is 0 Å². The molecule has 0 bridgehead atoms. The molecule has 1 aromatic rings. The Bertz CT molecular complexity index is 323. The van der Waals surface area contributed by atoms with Crippen LogP contribution in [0.25, 0.3) is 0 Å². The van der Waals surface area contributed by atoms with Gasteiger partial charge in [0.05, 0.1) is 0 Å². The lowest BCUT2D eigenvalue weighted by Gasteiger charge is -2.22. The van der Waals surface area contributed by atoms with Crippen molar-refractivity contribution in [3.8, 4) is 0 Å². The van der Waals surface area contributed by atoms with Gasteiger partial charge in [-0.3, -0.25) is 4.68 Å². The van der Waals surface area contributed by atoms with Crippen LogP contribution < -0.4 is 5.73 Å². The second-order valence-electron chi connectivity index (χ2n) is 4.06. The van der Waals surface area contributed by atoms with Crippen LogP contribution in [0.1, 0.15) is 31.4 Å².